The Labute approximate surface area is 219 Å². The fourth-order valence-corrected chi connectivity index (χ4v) is 5.98. The van der Waals surface area contributed by atoms with Gasteiger partial charge in [0.2, 0.25) is 0 Å². The number of rotatable bonds is 6. The summed E-state index contributed by atoms with van der Waals surface area (Å²) in [4.78, 5) is 2.92. The van der Waals surface area contributed by atoms with Gasteiger partial charge in [-0.2, -0.15) is 0 Å². The second-order valence-electron chi connectivity index (χ2n) is 8.48. The van der Waals surface area contributed by atoms with E-state index in [0.29, 0.717) is 11.5 Å². The van der Waals surface area contributed by atoms with Crippen LogP contribution in [0.5, 0.6) is 23.0 Å². The maximum Gasteiger partial charge on any atom is 0.174 e. The molecule has 5 rings (SSSR count). The van der Waals surface area contributed by atoms with E-state index >= 15 is 0 Å². The van der Waals surface area contributed by atoms with Gasteiger partial charge in [-0.15, -0.1) is 24.2 Å². The molecule has 9 heteroatoms. The predicted octanol–water partition coefficient (Wildman–Crippen LogP) is 6.75. The van der Waals surface area contributed by atoms with Crippen molar-refractivity contribution < 1.29 is 24.1 Å². The largest absolute Gasteiger partial charge is 0.508 e. The summed E-state index contributed by atoms with van der Waals surface area (Å²) in [6.07, 6.45) is 2.06. The molecule has 1 fully saturated rings. The second kappa shape index (κ2) is 11.2. The van der Waals surface area contributed by atoms with Gasteiger partial charge in [-0.05, 0) is 67.4 Å². The van der Waals surface area contributed by atoms with Crippen LogP contribution in [0.1, 0.15) is 35.3 Å². The minimum Gasteiger partial charge on any atom is -0.508 e. The SMILES string of the molecule is Cl.Oc1ccc([C@H]2Sc3cc(F)c(O)c(Cl)c3O[C@H]2c2ccc(OCCN3CCCC3)cc2)cc1. The molecule has 35 heavy (non-hydrogen) atoms. The van der Waals surface area contributed by atoms with E-state index in [1.165, 1.54) is 30.7 Å². The first-order valence-corrected chi connectivity index (χ1v) is 12.5. The molecule has 0 bridgehead atoms. The van der Waals surface area contributed by atoms with Crippen molar-refractivity contribution in [2.45, 2.75) is 29.1 Å². The number of aromatic hydroxyl groups is 2. The number of likely N-dealkylation sites (tertiary alicyclic amines) is 1. The molecule has 0 spiro atoms. The van der Waals surface area contributed by atoms with Crippen LogP contribution in [-0.2, 0) is 0 Å². The van der Waals surface area contributed by atoms with Gasteiger partial charge < -0.3 is 19.7 Å². The molecule has 2 aliphatic rings. The molecule has 0 radical (unpaired) electrons. The van der Waals surface area contributed by atoms with Crippen molar-refractivity contribution in [1.82, 2.24) is 4.90 Å². The first kappa shape index (κ1) is 25.8. The number of halogens is 3. The molecule has 2 heterocycles. The average Bonchev–Trinajstić information content (AvgIpc) is 3.37. The summed E-state index contributed by atoms with van der Waals surface area (Å²) in [5.74, 6) is -0.207. The highest BCUT2D eigenvalue weighted by Crippen LogP contribution is 2.57. The first-order chi connectivity index (χ1) is 16.5. The van der Waals surface area contributed by atoms with E-state index in [4.69, 9.17) is 21.1 Å². The molecule has 0 amide bonds. The van der Waals surface area contributed by atoms with E-state index in [9.17, 15) is 14.6 Å². The zero-order valence-corrected chi connectivity index (χ0v) is 21.2. The van der Waals surface area contributed by atoms with Crippen molar-refractivity contribution >= 4 is 35.8 Å². The second-order valence-corrected chi connectivity index (χ2v) is 10.0. The van der Waals surface area contributed by atoms with E-state index < -0.39 is 17.7 Å². The Balaban J connectivity index is 0.00000289. The fourth-order valence-electron chi connectivity index (χ4n) is 4.36. The summed E-state index contributed by atoms with van der Waals surface area (Å²) >= 11 is 7.64. The van der Waals surface area contributed by atoms with E-state index in [0.717, 1.165) is 36.5 Å². The van der Waals surface area contributed by atoms with Crippen LogP contribution >= 0.6 is 35.8 Å². The number of phenols is 2. The minimum atomic E-state index is -0.793. The Bertz CT molecular complexity index is 1160. The number of hydrogen-bond acceptors (Lipinski definition) is 6. The quantitative estimate of drug-likeness (QED) is 0.362. The van der Waals surface area contributed by atoms with Crippen LogP contribution < -0.4 is 9.47 Å². The van der Waals surface area contributed by atoms with E-state index in [1.807, 2.05) is 36.4 Å². The maximum absolute atomic E-state index is 14.2. The van der Waals surface area contributed by atoms with Gasteiger partial charge >= 0.3 is 0 Å². The summed E-state index contributed by atoms with van der Waals surface area (Å²) in [5, 5.41) is 19.3. The Kier molecular flexibility index (Phi) is 8.22. The number of phenolic OH excluding ortho intramolecular Hbond substituents is 2. The van der Waals surface area contributed by atoms with Crippen molar-refractivity contribution in [3.05, 3.63) is 76.6 Å². The summed E-state index contributed by atoms with van der Waals surface area (Å²) in [7, 11) is 0. The van der Waals surface area contributed by atoms with Crippen molar-refractivity contribution in [2.24, 2.45) is 0 Å². The summed E-state index contributed by atoms with van der Waals surface area (Å²) in [5.41, 5.74) is 1.80. The smallest absolute Gasteiger partial charge is 0.174 e. The first-order valence-electron chi connectivity index (χ1n) is 11.3. The lowest BCUT2D eigenvalue weighted by Gasteiger charge is -2.34. The molecule has 5 nitrogen and oxygen atoms in total. The Morgan fingerprint density at radius 1 is 1.03 bits per heavy atom. The Morgan fingerprint density at radius 2 is 1.69 bits per heavy atom. The number of hydrogen-bond donors (Lipinski definition) is 2. The number of fused-ring (bicyclic) bond motifs is 1. The lowest BCUT2D eigenvalue weighted by molar-refractivity contribution is 0.189. The highest BCUT2D eigenvalue weighted by atomic mass is 35.5. The van der Waals surface area contributed by atoms with Crippen molar-refractivity contribution in [1.29, 1.82) is 0 Å². The molecule has 1 saturated heterocycles. The molecule has 0 saturated carbocycles. The predicted molar refractivity (Wildman–Crippen MR) is 138 cm³/mol. The zero-order valence-electron chi connectivity index (χ0n) is 18.8. The third-order valence-corrected chi connectivity index (χ3v) is 7.88. The average molecular weight is 538 g/mol. The lowest BCUT2D eigenvalue weighted by Crippen LogP contribution is -2.25. The van der Waals surface area contributed by atoms with Crippen LogP contribution in [0.3, 0.4) is 0 Å². The molecule has 2 aliphatic heterocycles. The van der Waals surface area contributed by atoms with Crippen molar-refractivity contribution in [2.75, 3.05) is 26.2 Å². The summed E-state index contributed by atoms with van der Waals surface area (Å²) < 4.78 is 26.4. The number of benzene rings is 3. The summed E-state index contributed by atoms with van der Waals surface area (Å²) in [6, 6.07) is 15.8. The third-order valence-electron chi connectivity index (χ3n) is 6.19. The topological polar surface area (TPSA) is 62.2 Å². The molecule has 0 aromatic heterocycles. The van der Waals surface area contributed by atoms with Gasteiger partial charge in [0, 0.05) is 6.54 Å². The Morgan fingerprint density at radius 3 is 2.37 bits per heavy atom. The van der Waals surface area contributed by atoms with Gasteiger partial charge in [0.15, 0.2) is 17.3 Å². The van der Waals surface area contributed by atoms with Crippen LogP contribution in [0.2, 0.25) is 5.02 Å². The maximum atomic E-state index is 14.2. The monoisotopic (exact) mass is 537 g/mol. The van der Waals surface area contributed by atoms with Gasteiger partial charge in [0.1, 0.15) is 29.2 Å². The Hall–Kier alpha value is -2.32. The van der Waals surface area contributed by atoms with E-state index in [-0.39, 0.29) is 34.2 Å². The van der Waals surface area contributed by atoms with Crippen molar-refractivity contribution in [3.8, 4) is 23.0 Å². The molecule has 0 aliphatic carbocycles. The molecule has 2 N–H and O–H groups in total. The highest BCUT2D eigenvalue weighted by molar-refractivity contribution is 7.99. The van der Waals surface area contributed by atoms with Gasteiger partial charge in [-0.3, -0.25) is 4.90 Å². The van der Waals surface area contributed by atoms with Crippen LogP contribution in [-0.4, -0.2) is 41.4 Å². The molecular weight excluding hydrogens is 512 g/mol. The van der Waals surface area contributed by atoms with Gasteiger partial charge in [0.25, 0.3) is 0 Å². The van der Waals surface area contributed by atoms with Crippen molar-refractivity contribution in [3.63, 3.8) is 0 Å². The molecule has 2 atom stereocenters. The molecule has 186 valence electrons. The molecule has 0 unspecified atom stereocenters. The van der Waals surface area contributed by atoms with Crippen LogP contribution in [0, 0.1) is 5.82 Å². The third kappa shape index (κ3) is 5.59. The fraction of sp³-hybridized carbons (Fsp3) is 0.308. The zero-order chi connectivity index (χ0) is 23.7. The van der Waals surface area contributed by atoms with Gasteiger partial charge in [-0.1, -0.05) is 35.9 Å². The number of thioether (sulfide) groups is 1. The normalized spacial score (nSPS) is 19.5. The summed E-state index contributed by atoms with van der Waals surface area (Å²) in [6.45, 7) is 3.84. The standard InChI is InChI=1S/C26H25ClFNO4S.ClH/c27-22-23(31)20(28)15-21-25(22)33-24(26(34-21)17-3-7-18(30)8-4-17)16-5-9-19(10-6-16)32-14-13-29-11-1-2-12-29;/h3-10,15,24,26,30-31H,1-2,11-14H2;1H/t24-,26+;/m0./s1. The van der Waals surface area contributed by atoms with Crippen LogP contribution in [0.4, 0.5) is 4.39 Å². The van der Waals surface area contributed by atoms with E-state index in [1.54, 1.807) is 12.1 Å². The number of nitrogens with zero attached hydrogens (tertiary/aromatic N) is 1. The lowest BCUT2D eigenvalue weighted by atomic mass is 10.00. The van der Waals surface area contributed by atoms with Gasteiger partial charge in [-0.25, -0.2) is 4.39 Å². The van der Waals surface area contributed by atoms with E-state index in [2.05, 4.69) is 4.90 Å². The molecular formula is C26H26Cl2FNO4S. The highest BCUT2D eigenvalue weighted by Gasteiger charge is 2.36. The van der Waals surface area contributed by atoms with Crippen LogP contribution in [0.15, 0.2) is 59.5 Å². The molecule has 3 aromatic carbocycles. The number of ether oxygens (including phenoxy) is 2. The van der Waals surface area contributed by atoms with Crippen LogP contribution in [0.25, 0.3) is 0 Å². The molecule has 3 aromatic rings. The van der Waals surface area contributed by atoms with Gasteiger partial charge in [0.05, 0.1) is 10.1 Å². The minimum absolute atomic E-state index is 0.